The first-order valence-electron chi connectivity index (χ1n) is 6.60. The second-order valence-corrected chi connectivity index (χ2v) is 5.73. The molecule has 1 rings (SSSR count). The lowest BCUT2D eigenvalue weighted by Crippen LogP contribution is -2.47. The zero-order chi connectivity index (χ0) is 13.9. The van der Waals surface area contributed by atoms with Gasteiger partial charge in [0, 0.05) is 13.6 Å². The molecule has 0 aromatic rings. The Hall–Kier alpha value is -1.10. The predicted octanol–water partition coefficient (Wildman–Crippen LogP) is 0.200. The van der Waals surface area contributed by atoms with Crippen LogP contribution in [0.25, 0.3) is 0 Å². The van der Waals surface area contributed by atoms with Crippen molar-refractivity contribution < 1.29 is 9.59 Å². The average molecular weight is 255 g/mol. The third kappa shape index (κ3) is 4.29. The van der Waals surface area contributed by atoms with Crippen LogP contribution in [0.4, 0.5) is 0 Å². The van der Waals surface area contributed by atoms with Crippen LogP contribution in [0.15, 0.2) is 0 Å². The Balaban J connectivity index is 2.25. The average Bonchev–Trinajstić information content (AvgIpc) is 2.99. The Morgan fingerprint density at radius 2 is 2.00 bits per heavy atom. The maximum Gasteiger partial charge on any atom is 0.241 e. The highest BCUT2D eigenvalue weighted by Gasteiger charge is 2.34. The third-order valence-corrected chi connectivity index (χ3v) is 3.65. The molecule has 2 amide bonds. The van der Waals surface area contributed by atoms with E-state index in [1.807, 2.05) is 13.8 Å². The van der Waals surface area contributed by atoms with Gasteiger partial charge < -0.3 is 16.0 Å². The van der Waals surface area contributed by atoms with Gasteiger partial charge in [-0.2, -0.15) is 0 Å². The molecule has 0 heterocycles. The van der Waals surface area contributed by atoms with Gasteiger partial charge in [0.1, 0.15) is 0 Å². The summed E-state index contributed by atoms with van der Waals surface area (Å²) in [7, 11) is 1.78. The predicted molar refractivity (Wildman–Crippen MR) is 70.7 cm³/mol. The second-order valence-electron chi connectivity index (χ2n) is 5.73. The van der Waals surface area contributed by atoms with Gasteiger partial charge in [-0.05, 0) is 24.2 Å². The Morgan fingerprint density at radius 1 is 1.44 bits per heavy atom. The van der Waals surface area contributed by atoms with Gasteiger partial charge in [0.2, 0.25) is 11.8 Å². The molecule has 1 aliphatic carbocycles. The summed E-state index contributed by atoms with van der Waals surface area (Å²) in [5.74, 6) is 1.12. The van der Waals surface area contributed by atoms with Crippen LogP contribution in [0.2, 0.25) is 0 Å². The van der Waals surface area contributed by atoms with E-state index >= 15 is 0 Å². The van der Waals surface area contributed by atoms with Crippen LogP contribution in [0.1, 0.15) is 27.2 Å². The number of hydrogen-bond donors (Lipinski definition) is 2. The molecule has 0 saturated heterocycles. The summed E-state index contributed by atoms with van der Waals surface area (Å²) in [5, 5.41) is 2.59. The third-order valence-electron chi connectivity index (χ3n) is 3.65. The number of nitrogens with one attached hydrogen (secondary N) is 1. The molecule has 2 unspecified atom stereocenters. The van der Waals surface area contributed by atoms with Crippen molar-refractivity contribution in [2.45, 2.75) is 33.2 Å². The fraction of sp³-hybridized carbons (Fsp3) is 0.846. The molecule has 0 aromatic carbocycles. The molecule has 0 radical (unpaired) electrons. The summed E-state index contributed by atoms with van der Waals surface area (Å²) in [5.41, 5.74) is 5.69. The van der Waals surface area contributed by atoms with Crippen LogP contribution in [-0.4, -0.2) is 42.9 Å². The summed E-state index contributed by atoms with van der Waals surface area (Å²) in [6, 6.07) is -0.549. The molecular weight excluding hydrogens is 230 g/mol. The monoisotopic (exact) mass is 255 g/mol. The quantitative estimate of drug-likeness (QED) is 0.712. The van der Waals surface area contributed by atoms with E-state index in [2.05, 4.69) is 12.2 Å². The highest BCUT2D eigenvalue weighted by Crippen LogP contribution is 2.37. The lowest BCUT2D eigenvalue weighted by molar-refractivity contribution is -0.132. The van der Waals surface area contributed by atoms with Crippen molar-refractivity contribution in [1.82, 2.24) is 10.2 Å². The lowest BCUT2D eigenvalue weighted by atomic mass is 10.1. The first kappa shape index (κ1) is 15.0. The van der Waals surface area contributed by atoms with Crippen molar-refractivity contribution in [2.24, 2.45) is 23.5 Å². The molecule has 5 nitrogen and oxygen atoms in total. The van der Waals surface area contributed by atoms with E-state index in [1.54, 1.807) is 11.9 Å². The van der Waals surface area contributed by atoms with Gasteiger partial charge in [-0.25, -0.2) is 0 Å². The smallest absolute Gasteiger partial charge is 0.241 e. The number of carbonyl (C=O) groups excluding carboxylic acids is 2. The van der Waals surface area contributed by atoms with Gasteiger partial charge in [-0.15, -0.1) is 0 Å². The number of nitrogens with two attached hydrogens (primary N) is 1. The van der Waals surface area contributed by atoms with Gasteiger partial charge in [-0.1, -0.05) is 20.8 Å². The van der Waals surface area contributed by atoms with Crippen molar-refractivity contribution >= 4 is 11.8 Å². The van der Waals surface area contributed by atoms with Crippen molar-refractivity contribution in [2.75, 3.05) is 20.1 Å². The SMILES string of the molecule is CC1CC1CN(C)C(=O)CNC(=O)[C@@H](N)C(C)C. The Kier molecular flexibility index (Phi) is 5.14. The van der Waals surface area contributed by atoms with E-state index in [0.29, 0.717) is 5.92 Å². The first-order valence-corrected chi connectivity index (χ1v) is 6.60. The van der Waals surface area contributed by atoms with E-state index in [4.69, 9.17) is 5.73 Å². The van der Waals surface area contributed by atoms with Gasteiger partial charge in [-0.3, -0.25) is 9.59 Å². The number of amides is 2. The number of rotatable bonds is 6. The summed E-state index contributed by atoms with van der Waals surface area (Å²) in [4.78, 5) is 25.1. The molecule has 104 valence electrons. The Labute approximate surface area is 109 Å². The normalized spacial score (nSPS) is 23.7. The van der Waals surface area contributed by atoms with Crippen molar-refractivity contribution in [3.05, 3.63) is 0 Å². The highest BCUT2D eigenvalue weighted by atomic mass is 16.2. The van der Waals surface area contributed by atoms with Gasteiger partial charge >= 0.3 is 0 Å². The standard InChI is InChI=1S/C13H25N3O2/c1-8(2)12(14)13(18)15-6-11(17)16(4)7-10-5-9(10)3/h8-10,12H,5-7,14H2,1-4H3,(H,15,18)/t9?,10?,12-/m0/s1. The first-order chi connectivity index (χ1) is 8.32. The molecule has 18 heavy (non-hydrogen) atoms. The van der Waals surface area contributed by atoms with E-state index in [1.165, 1.54) is 6.42 Å². The summed E-state index contributed by atoms with van der Waals surface area (Å²) < 4.78 is 0. The minimum Gasteiger partial charge on any atom is -0.346 e. The molecule has 0 aliphatic heterocycles. The molecule has 0 spiro atoms. The fourth-order valence-corrected chi connectivity index (χ4v) is 1.83. The highest BCUT2D eigenvalue weighted by molar-refractivity contribution is 5.87. The van der Waals surface area contributed by atoms with Crippen molar-refractivity contribution in [1.29, 1.82) is 0 Å². The van der Waals surface area contributed by atoms with Crippen LogP contribution >= 0.6 is 0 Å². The lowest BCUT2D eigenvalue weighted by Gasteiger charge is -2.19. The molecule has 0 bridgehead atoms. The summed E-state index contributed by atoms with van der Waals surface area (Å²) in [6.07, 6.45) is 1.20. The summed E-state index contributed by atoms with van der Waals surface area (Å²) >= 11 is 0. The van der Waals surface area contributed by atoms with Crippen LogP contribution in [0.5, 0.6) is 0 Å². The molecule has 1 saturated carbocycles. The molecule has 5 heteroatoms. The maximum atomic E-state index is 11.8. The van der Waals surface area contributed by atoms with Crippen molar-refractivity contribution in [3.63, 3.8) is 0 Å². The zero-order valence-corrected chi connectivity index (χ0v) is 11.8. The van der Waals surface area contributed by atoms with E-state index in [-0.39, 0.29) is 24.3 Å². The molecule has 3 atom stereocenters. The van der Waals surface area contributed by atoms with Crippen LogP contribution in [-0.2, 0) is 9.59 Å². The van der Waals surface area contributed by atoms with E-state index in [9.17, 15) is 9.59 Å². The molecule has 3 N–H and O–H groups in total. The number of hydrogen-bond acceptors (Lipinski definition) is 3. The Morgan fingerprint density at radius 3 is 2.44 bits per heavy atom. The largest absolute Gasteiger partial charge is 0.346 e. The molecule has 1 aliphatic rings. The van der Waals surface area contributed by atoms with Gasteiger partial charge in [0.15, 0.2) is 0 Å². The van der Waals surface area contributed by atoms with Gasteiger partial charge in [0.05, 0.1) is 12.6 Å². The van der Waals surface area contributed by atoms with Crippen LogP contribution in [0, 0.1) is 17.8 Å². The molecule has 0 aromatic heterocycles. The van der Waals surface area contributed by atoms with E-state index < -0.39 is 6.04 Å². The fourth-order valence-electron chi connectivity index (χ4n) is 1.83. The van der Waals surface area contributed by atoms with E-state index in [0.717, 1.165) is 12.5 Å². The Bertz CT molecular complexity index is 317. The zero-order valence-electron chi connectivity index (χ0n) is 11.8. The maximum absolute atomic E-state index is 11.8. The van der Waals surface area contributed by atoms with Gasteiger partial charge in [0.25, 0.3) is 0 Å². The number of nitrogens with zero attached hydrogens (tertiary/aromatic N) is 1. The molecule has 1 fully saturated rings. The minimum absolute atomic E-state index is 0.0385. The van der Waals surface area contributed by atoms with Crippen molar-refractivity contribution in [3.8, 4) is 0 Å². The molecular formula is C13H25N3O2. The van der Waals surface area contributed by atoms with Crippen LogP contribution in [0.3, 0.4) is 0 Å². The summed E-state index contributed by atoms with van der Waals surface area (Å²) in [6.45, 7) is 6.77. The number of carbonyl (C=O) groups is 2. The number of likely N-dealkylation sites (N-methyl/N-ethyl adjacent to an activating group) is 1. The van der Waals surface area contributed by atoms with Crippen LogP contribution < -0.4 is 11.1 Å². The topological polar surface area (TPSA) is 75.4 Å². The minimum atomic E-state index is -0.549. The second kappa shape index (κ2) is 6.18.